The molecule has 1 aromatic heterocycles. The van der Waals surface area contributed by atoms with Gasteiger partial charge in [-0.3, -0.25) is 4.79 Å². The van der Waals surface area contributed by atoms with Crippen molar-refractivity contribution in [1.82, 2.24) is 14.8 Å². The fourth-order valence-corrected chi connectivity index (χ4v) is 2.16. The van der Waals surface area contributed by atoms with Gasteiger partial charge in [-0.1, -0.05) is 18.2 Å². The first kappa shape index (κ1) is 14.9. The standard InChI is InChI=1S/C17H15FN4O/c1-11-6-7-13(12(2)23)8-16(11)20-17-19-10-22(21-17)15-5-3-4-14(18)9-15/h3-10H,1-2H3,(H,20,21). The van der Waals surface area contributed by atoms with E-state index >= 15 is 0 Å². The van der Waals surface area contributed by atoms with E-state index in [2.05, 4.69) is 15.4 Å². The zero-order chi connectivity index (χ0) is 16.4. The third-order valence-electron chi connectivity index (χ3n) is 3.46. The molecule has 0 atom stereocenters. The third kappa shape index (κ3) is 3.26. The lowest BCUT2D eigenvalue weighted by Gasteiger charge is -2.07. The molecule has 0 spiro atoms. The highest BCUT2D eigenvalue weighted by molar-refractivity contribution is 5.95. The van der Waals surface area contributed by atoms with Crippen LogP contribution in [0.25, 0.3) is 5.69 Å². The fraction of sp³-hybridized carbons (Fsp3) is 0.118. The van der Waals surface area contributed by atoms with Crippen LogP contribution in [-0.2, 0) is 0 Å². The zero-order valence-electron chi connectivity index (χ0n) is 12.7. The maximum Gasteiger partial charge on any atom is 0.246 e. The number of Topliss-reactive ketones (excluding diaryl/α,β-unsaturated/α-hetero) is 1. The maximum atomic E-state index is 13.3. The molecule has 5 nitrogen and oxygen atoms in total. The third-order valence-corrected chi connectivity index (χ3v) is 3.46. The molecule has 0 radical (unpaired) electrons. The summed E-state index contributed by atoms with van der Waals surface area (Å²) in [5.74, 6) is 0.0295. The summed E-state index contributed by atoms with van der Waals surface area (Å²) in [6, 6.07) is 11.5. The second-order valence-electron chi connectivity index (χ2n) is 5.20. The predicted molar refractivity (Wildman–Crippen MR) is 85.8 cm³/mol. The van der Waals surface area contributed by atoms with Crippen LogP contribution in [0.15, 0.2) is 48.8 Å². The number of aryl methyl sites for hydroxylation is 1. The Bertz CT molecular complexity index is 873. The van der Waals surface area contributed by atoms with Crippen LogP contribution in [0.2, 0.25) is 0 Å². The van der Waals surface area contributed by atoms with Crippen LogP contribution >= 0.6 is 0 Å². The molecular formula is C17H15FN4O. The molecular weight excluding hydrogens is 295 g/mol. The van der Waals surface area contributed by atoms with E-state index in [1.807, 2.05) is 13.0 Å². The number of hydrogen-bond acceptors (Lipinski definition) is 4. The van der Waals surface area contributed by atoms with Crippen molar-refractivity contribution >= 4 is 17.4 Å². The molecule has 2 aromatic carbocycles. The Morgan fingerprint density at radius 2 is 2.04 bits per heavy atom. The van der Waals surface area contributed by atoms with Crippen molar-refractivity contribution in [2.24, 2.45) is 0 Å². The minimum absolute atomic E-state index is 0.00806. The second kappa shape index (κ2) is 6.00. The minimum atomic E-state index is -0.336. The Morgan fingerprint density at radius 3 is 2.78 bits per heavy atom. The second-order valence-corrected chi connectivity index (χ2v) is 5.20. The molecule has 0 aliphatic heterocycles. The van der Waals surface area contributed by atoms with E-state index in [0.29, 0.717) is 17.2 Å². The van der Waals surface area contributed by atoms with Gasteiger partial charge in [0.2, 0.25) is 5.95 Å². The van der Waals surface area contributed by atoms with Crippen LogP contribution in [0.3, 0.4) is 0 Å². The number of anilines is 2. The van der Waals surface area contributed by atoms with Crippen LogP contribution in [0.4, 0.5) is 16.0 Å². The first-order chi connectivity index (χ1) is 11.0. The molecule has 0 aliphatic rings. The molecule has 0 fully saturated rings. The van der Waals surface area contributed by atoms with E-state index in [0.717, 1.165) is 11.3 Å². The van der Waals surface area contributed by atoms with E-state index in [-0.39, 0.29) is 11.6 Å². The van der Waals surface area contributed by atoms with Gasteiger partial charge in [0.05, 0.1) is 5.69 Å². The SMILES string of the molecule is CC(=O)c1ccc(C)c(Nc2ncn(-c3cccc(F)c3)n2)c1. The van der Waals surface area contributed by atoms with Crippen molar-refractivity contribution in [3.63, 3.8) is 0 Å². The first-order valence-electron chi connectivity index (χ1n) is 7.09. The number of benzene rings is 2. The van der Waals surface area contributed by atoms with Crippen molar-refractivity contribution in [2.45, 2.75) is 13.8 Å². The van der Waals surface area contributed by atoms with E-state index in [1.165, 1.54) is 30.1 Å². The van der Waals surface area contributed by atoms with Gasteiger partial charge in [0.15, 0.2) is 5.78 Å². The number of aromatic nitrogens is 3. The Labute approximate surface area is 132 Å². The number of ketones is 1. The number of hydrogen-bond donors (Lipinski definition) is 1. The molecule has 0 aliphatic carbocycles. The molecule has 116 valence electrons. The maximum absolute atomic E-state index is 13.3. The lowest BCUT2D eigenvalue weighted by molar-refractivity contribution is 0.101. The largest absolute Gasteiger partial charge is 0.323 e. The number of halogens is 1. The molecule has 0 amide bonds. The van der Waals surface area contributed by atoms with Crippen LogP contribution in [0, 0.1) is 12.7 Å². The molecule has 0 unspecified atom stereocenters. The van der Waals surface area contributed by atoms with Gasteiger partial charge in [-0.05, 0) is 43.7 Å². The number of nitrogens with zero attached hydrogens (tertiary/aromatic N) is 3. The summed E-state index contributed by atoms with van der Waals surface area (Å²) in [6.45, 7) is 3.45. The fourth-order valence-electron chi connectivity index (χ4n) is 2.16. The van der Waals surface area contributed by atoms with Crippen molar-refractivity contribution in [3.8, 4) is 5.69 Å². The summed E-state index contributed by atoms with van der Waals surface area (Å²) >= 11 is 0. The molecule has 0 saturated heterocycles. The van der Waals surface area contributed by atoms with Crippen molar-refractivity contribution in [2.75, 3.05) is 5.32 Å². The van der Waals surface area contributed by atoms with Gasteiger partial charge >= 0.3 is 0 Å². The molecule has 23 heavy (non-hydrogen) atoms. The summed E-state index contributed by atoms with van der Waals surface area (Å²) in [7, 11) is 0. The van der Waals surface area contributed by atoms with E-state index < -0.39 is 0 Å². The van der Waals surface area contributed by atoms with Gasteiger partial charge in [0.25, 0.3) is 0 Å². The lowest BCUT2D eigenvalue weighted by Crippen LogP contribution is -2.00. The number of carbonyl (C=O) groups is 1. The van der Waals surface area contributed by atoms with Crippen LogP contribution < -0.4 is 5.32 Å². The summed E-state index contributed by atoms with van der Waals surface area (Å²) in [5.41, 5.74) is 2.93. The van der Waals surface area contributed by atoms with Gasteiger partial charge in [-0.15, -0.1) is 5.10 Å². The summed E-state index contributed by atoms with van der Waals surface area (Å²) in [5, 5.41) is 7.36. The quantitative estimate of drug-likeness (QED) is 0.747. The Morgan fingerprint density at radius 1 is 1.22 bits per heavy atom. The van der Waals surface area contributed by atoms with E-state index in [9.17, 15) is 9.18 Å². The highest BCUT2D eigenvalue weighted by Gasteiger charge is 2.08. The molecule has 0 saturated carbocycles. The van der Waals surface area contributed by atoms with E-state index in [4.69, 9.17) is 0 Å². The molecule has 1 N–H and O–H groups in total. The lowest BCUT2D eigenvalue weighted by atomic mass is 10.1. The number of rotatable bonds is 4. The Balaban J connectivity index is 1.87. The van der Waals surface area contributed by atoms with Gasteiger partial charge in [-0.2, -0.15) is 4.98 Å². The molecule has 6 heteroatoms. The minimum Gasteiger partial charge on any atom is -0.323 e. The molecule has 3 aromatic rings. The average Bonchev–Trinajstić information content (AvgIpc) is 2.98. The average molecular weight is 310 g/mol. The van der Waals surface area contributed by atoms with Crippen molar-refractivity contribution in [1.29, 1.82) is 0 Å². The van der Waals surface area contributed by atoms with E-state index in [1.54, 1.807) is 24.3 Å². The van der Waals surface area contributed by atoms with Crippen molar-refractivity contribution < 1.29 is 9.18 Å². The summed E-state index contributed by atoms with van der Waals surface area (Å²) in [6.07, 6.45) is 1.50. The monoisotopic (exact) mass is 310 g/mol. The predicted octanol–water partition coefficient (Wildman–Crippen LogP) is 3.66. The summed E-state index contributed by atoms with van der Waals surface area (Å²) in [4.78, 5) is 15.7. The van der Waals surface area contributed by atoms with Crippen LogP contribution in [-0.4, -0.2) is 20.5 Å². The Hall–Kier alpha value is -3.02. The summed E-state index contributed by atoms with van der Waals surface area (Å²) < 4.78 is 14.8. The van der Waals surface area contributed by atoms with Crippen LogP contribution in [0.1, 0.15) is 22.8 Å². The zero-order valence-corrected chi connectivity index (χ0v) is 12.7. The number of carbonyl (C=O) groups excluding carboxylic acids is 1. The van der Waals surface area contributed by atoms with Crippen molar-refractivity contribution in [3.05, 3.63) is 65.7 Å². The number of nitrogens with one attached hydrogen (secondary N) is 1. The van der Waals surface area contributed by atoms with Gasteiger partial charge < -0.3 is 5.32 Å². The van der Waals surface area contributed by atoms with Gasteiger partial charge in [-0.25, -0.2) is 9.07 Å². The topological polar surface area (TPSA) is 59.8 Å². The Kier molecular flexibility index (Phi) is 3.89. The smallest absolute Gasteiger partial charge is 0.246 e. The van der Waals surface area contributed by atoms with Gasteiger partial charge in [0, 0.05) is 11.3 Å². The normalized spacial score (nSPS) is 10.6. The van der Waals surface area contributed by atoms with Gasteiger partial charge in [0.1, 0.15) is 12.1 Å². The van der Waals surface area contributed by atoms with Crippen LogP contribution in [0.5, 0.6) is 0 Å². The highest BCUT2D eigenvalue weighted by Crippen LogP contribution is 2.20. The highest BCUT2D eigenvalue weighted by atomic mass is 19.1. The molecule has 1 heterocycles. The molecule has 3 rings (SSSR count). The molecule has 0 bridgehead atoms. The first-order valence-corrected chi connectivity index (χ1v) is 7.09.